The van der Waals surface area contributed by atoms with Crippen molar-refractivity contribution in [2.24, 2.45) is 5.92 Å². The van der Waals surface area contributed by atoms with Crippen LogP contribution in [0.5, 0.6) is 0 Å². The first kappa shape index (κ1) is 23.7. The van der Waals surface area contributed by atoms with Crippen LogP contribution in [0.4, 0.5) is 20.6 Å². The molecule has 2 aromatic rings. The SMILES string of the molecule is CC(C)(C)OC(=O)Nc1ccc(F)cc1NC(=O)c1cccc(S(=O)(=O)NCC2CC2)c1. The lowest BCUT2D eigenvalue weighted by atomic mass is 10.2. The number of carbonyl (C=O) groups excluding carboxylic acids is 2. The Balaban J connectivity index is 1.77. The summed E-state index contributed by atoms with van der Waals surface area (Å²) < 4.78 is 46.5. The van der Waals surface area contributed by atoms with Crippen LogP contribution in [0.3, 0.4) is 0 Å². The first-order valence-electron chi connectivity index (χ1n) is 10.1. The Morgan fingerprint density at radius 1 is 1.06 bits per heavy atom. The van der Waals surface area contributed by atoms with Gasteiger partial charge in [0.05, 0.1) is 16.3 Å². The van der Waals surface area contributed by atoms with Crippen LogP contribution in [0.1, 0.15) is 44.0 Å². The predicted molar refractivity (Wildman–Crippen MR) is 119 cm³/mol. The number of anilines is 2. The van der Waals surface area contributed by atoms with Crippen molar-refractivity contribution < 1.29 is 27.1 Å². The van der Waals surface area contributed by atoms with Crippen LogP contribution in [-0.4, -0.2) is 32.6 Å². The second-order valence-corrected chi connectivity index (χ2v) is 10.4. The van der Waals surface area contributed by atoms with Crippen molar-refractivity contribution in [3.63, 3.8) is 0 Å². The van der Waals surface area contributed by atoms with Gasteiger partial charge in [-0.2, -0.15) is 0 Å². The monoisotopic (exact) mass is 463 g/mol. The normalized spacial score (nSPS) is 14.0. The van der Waals surface area contributed by atoms with E-state index in [9.17, 15) is 22.4 Å². The molecule has 2 aromatic carbocycles. The van der Waals surface area contributed by atoms with Gasteiger partial charge in [0.15, 0.2) is 0 Å². The highest BCUT2D eigenvalue weighted by molar-refractivity contribution is 7.89. The number of amides is 2. The lowest BCUT2D eigenvalue weighted by Crippen LogP contribution is -2.27. The third kappa shape index (κ3) is 6.76. The summed E-state index contributed by atoms with van der Waals surface area (Å²) in [5, 5.41) is 4.98. The number of sulfonamides is 1. The molecule has 0 saturated heterocycles. The standard InChI is InChI=1S/C22H26FN3O5S/c1-22(2,3)31-21(28)26-18-10-9-16(23)12-19(18)25-20(27)15-5-4-6-17(11-15)32(29,30)24-13-14-7-8-14/h4-6,9-12,14,24H,7-8,13H2,1-3H3,(H,25,27)(H,26,28). The molecule has 0 aliphatic heterocycles. The first-order chi connectivity index (χ1) is 14.9. The largest absolute Gasteiger partial charge is 0.444 e. The Hall–Kier alpha value is -2.98. The van der Waals surface area contributed by atoms with Gasteiger partial charge in [-0.3, -0.25) is 10.1 Å². The Kier molecular flexibility index (Phi) is 6.85. The van der Waals surface area contributed by atoms with Gasteiger partial charge < -0.3 is 10.1 Å². The Labute approximate surface area is 186 Å². The second kappa shape index (κ2) is 9.25. The number of hydrogen-bond acceptors (Lipinski definition) is 5. The van der Waals surface area contributed by atoms with Crippen LogP contribution in [0.2, 0.25) is 0 Å². The molecule has 8 nitrogen and oxygen atoms in total. The molecule has 0 aromatic heterocycles. The summed E-state index contributed by atoms with van der Waals surface area (Å²) in [6, 6.07) is 8.98. The Morgan fingerprint density at radius 2 is 1.78 bits per heavy atom. The van der Waals surface area contributed by atoms with Gasteiger partial charge in [-0.25, -0.2) is 22.3 Å². The number of benzene rings is 2. The highest BCUT2D eigenvalue weighted by Gasteiger charge is 2.25. The van der Waals surface area contributed by atoms with Crippen molar-refractivity contribution in [3.8, 4) is 0 Å². The predicted octanol–water partition coefficient (Wildman–Crippen LogP) is 4.11. The average Bonchev–Trinajstić information content (AvgIpc) is 3.52. The van der Waals surface area contributed by atoms with Gasteiger partial charge in [-0.1, -0.05) is 6.07 Å². The molecule has 1 aliphatic rings. The molecular formula is C22H26FN3O5S. The third-order valence-electron chi connectivity index (χ3n) is 4.53. The summed E-state index contributed by atoms with van der Waals surface area (Å²) in [4.78, 5) is 24.8. The molecule has 1 saturated carbocycles. The van der Waals surface area contributed by atoms with E-state index in [1.165, 1.54) is 30.3 Å². The highest BCUT2D eigenvalue weighted by atomic mass is 32.2. The smallest absolute Gasteiger partial charge is 0.412 e. The van der Waals surface area contributed by atoms with Crippen LogP contribution in [-0.2, 0) is 14.8 Å². The van der Waals surface area contributed by atoms with Crippen LogP contribution in [0.15, 0.2) is 47.4 Å². The Morgan fingerprint density at radius 3 is 2.44 bits per heavy atom. The van der Waals surface area contributed by atoms with Crippen molar-refractivity contribution in [1.29, 1.82) is 0 Å². The van der Waals surface area contributed by atoms with E-state index in [0.717, 1.165) is 25.0 Å². The molecule has 0 spiro atoms. The number of nitrogens with one attached hydrogen (secondary N) is 3. The van der Waals surface area contributed by atoms with E-state index >= 15 is 0 Å². The molecule has 172 valence electrons. The molecule has 0 unspecified atom stereocenters. The average molecular weight is 464 g/mol. The summed E-state index contributed by atoms with van der Waals surface area (Å²) >= 11 is 0. The fourth-order valence-electron chi connectivity index (χ4n) is 2.77. The summed E-state index contributed by atoms with van der Waals surface area (Å²) in [7, 11) is -3.76. The van der Waals surface area contributed by atoms with E-state index in [0.29, 0.717) is 12.5 Å². The zero-order valence-electron chi connectivity index (χ0n) is 18.1. The lowest BCUT2D eigenvalue weighted by molar-refractivity contribution is 0.0635. The zero-order valence-corrected chi connectivity index (χ0v) is 18.9. The van der Waals surface area contributed by atoms with Crippen molar-refractivity contribution in [1.82, 2.24) is 4.72 Å². The molecule has 0 heterocycles. The zero-order chi connectivity index (χ0) is 23.5. The molecule has 0 radical (unpaired) electrons. The van der Waals surface area contributed by atoms with E-state index < -0.39 is 33.4 Å². The van der Waals surface area contributed by atoms with E-state index in [4.69, 9.17) is 4.74 Å². The summed E-state index contributed by atoms with van der Waals surface area (Å²) in [6.07, 6.45) is 1.23. The molecule has 0 bridgehead atoms. The van der Waals surface area contributed by atoms with Gasteiger partial charge in [-0.05, 0) is 75.9 Å². The van der Waals surface area contributed by atoms with Crippen LogP contribution in [0, 0.1) is 11.7 Å². The molecule has 1 fully saturated rings. The molecule has 3 N–H and O–H groups in total. The van der Waals surface area contributed by atoms with Gasteiger partial charge in [0, 0.05) is 12.1 Å². The minimum atomic E-state index is -3.76. The highest BCUT2D eigenvalue weighted by Crippen LogP contribution is 2.28. The van der Waals surface area contributed by atoms with Gasteiger partial charge in [0.25, 0.3) is 5.91 Å². The number of ether oxygens (including phenoxy) is 1. The van der Waals surface area contributed by atoms with Crippen molar-refractivity contribution in [2.45, 2.75) is 44.1 Å². The van der Waals surface area contributed by atoms with Crippen LogP contribution in [0.25, 0.3) is 0 Å². The van der Waals surface area contributed by atoms with Crippen molar-refractivity contribution in [3.05, 3.63) is 53.8 Å². The fraction of sp³-hybridized carbons (Fsp3) is 0.364. The molecule has 2 amide bonds. The number of carbonyl (C=O) groups is 2. The van der Waals surface area contributed by atoms with E-state index in [1.807, 2.05) is 0 Å². The molecule has 0 atom stereocenters. The minimum absolute atomic E-state index is 0.000905. The maximum Gasteiger partial charge on any atom is 0.412 e. The summed E-state index contributed by atoms with van der Waals surface area (Å²) in [5.41, 5.74) is -0.552. The molecule has 3 rings (SSSR count). The van der Waals surface area contributed by atoms with Gasteiger partial charge >= 0.3 is 6.09 Å². The maximum absolute atomic E-state index is 13.8. The molecule has 10 heteroatoms. The van der Waals surface area contributed by atoms with Crippen LogP contribution < -0.4 is 15.4 Å². The van der Waals surface area contributed by atoms with Gasteiger partial charge in [0.1, 0.15) is 11.4 Å². The molecule has 1 aliphatic carbocycles. The van der Waals surface area contributed by atoms with E-state index in [2.05, 4.69) is 15.4 Å². The lowest BCUT2D eigenvalue weighted by Gasteiger charge is -2.20. The maximum atomic E-state index is 13.8. The van der Waals surface area contributed by atoms with Crippen LogP contribution >= 0.6 is 0 Å². The van der Waals surface area contributed by atoms with Gasteiger partial charge in [0.2, 0.25) is 10.0 Å². The quantitative estimate of drug-likeness (QED) is 0.572. The fourth-order valence-corrected chi connectivity index (χ4v) is 3.94. The Bertz CT molecular complexity index is 1120. The first-order valence-corrected chi connectivity index (χ1v) is 11.6. The van der Waals surface area contributed by atoms with Gasteiger partial charge in [-0.15, -0.1) is 0 Å². The van der Waals surface area contributed by atoms with Crippen molar-refractivity contribution in [2.75, 3.05) is 17.2 Å². The summed E-state index contributed by atoms with van der Waals surface area (Å²) in [6.45, 7) is 5.45. The van der Waals surface area contributed by atoms with Crippen molar-refractivity contribution >= 4 is 33.4 Å². The third-order valence-corrected chi connectivity index (χ3v) is 5.95. The number of rotatable bonds is 7. The molecule has 32 heavy (non-hydrogen) atoms. The molecular weight excluding hydrogens is 437 g/mol. The minimum Gasteiger partial charge on any atom is -0.444 e. The number of halogens is 1. The topological polar surface area (TPSA) is 114 Å². The van der Waals surface area contributed by atoms with E-state index in [1.54, 1.807) is 20.8 Å². The second-order valence-electron chi connectivity index (χ2n) is 8.59. The van der Waals surface area contributed by atoms with E-state index in [-0.39, 0.29) is 21.8 Å². The number of hydrogen-bond donors (Lipinski definition) is 3. The summed E-state index contributed by atoms with van der Waals surface area (Å²) in [5.74, 6) is -0.933.